The highest BCUT2D eigenvalue weighted by Gasteiger charge is 2.20. The molecule has 23 heavy (non-hydrogen) atoms. The molecule has 1 N–H and O–H groups in total. The summed E-state index contributed by atoms with van der Waals surface area (Å²) in [7, 11) is 1.63. The van der Waals surface area contributed by atoms with Gasteiger partial charge in [0.15, 0.2) is 0 Å². The first-order valence-electron chi connectivity index (χ1n) is 7.56. The lowest BCUT2D eigenvalue weighted by atomic mass is 10.0. The van der Waals surface area contributed by atoms with Crippen molar-refractivity contribution in [2.24, 2.45) is 0 Å². The van der Waals surface area contributed by atoms with Crippen LogP contribution in [0.3, 0.4) is 0 Å². The van der Waals surface area contributed by atoms with Crippen LogP contribution < -0.4 is 5.32 Å². The van der Waals surface area contributed by atoms with Crippen LogP contribution in [0.15, 0.2) is 36.7 Å². The molecule has 2 atom stereocenters. The SMILES string of the molecule is CO[C@@H](c1ccc(Cl)cc1)[C@@H](C)NC(=O)CCn1cc(C)cn1. The summed E-state index contributed by atoms with van der Waals surface area (Å²) in [6.07, 6.45) is 3.86. The van der Waals surface area contributed by atoms with Crippen molar-refractivity contribution in [2.45, 2.75) is 39.0 Å². The number of amides is 1. The molecule has 0 aliphatic heterocycles. The van der Waals surface area contributed by atoms with Gasteiger partial charge in [0, 0.05) is 31.3 Å². The number of hydrogen-bond acceptors (Lipinski definition) is 3. The minimum Gasteiger partial charge on any atom is -0.375 e. The fourth-order valence-electron chi connectivity index (χ4n) is 2.49. The Labute approximate surface area is 141 Å². The van der Waals surface area contributed by atoms with Crippen LogP contribution >= 0.6 is 11.6 Å². The monoisotopic (exact) mass is 335 g/mol. The van der Waals surface area contributed by atoms with Gasteiger partial charge in [-0.3, -0.25) is 9.48 Å². The number of ether oxygens (including phenoxy) is 1. The Kier molecular flexibility index (Phi) is 6.19. The van der Waals surface area contributed by atoms with Gasteiger partial charge in [-0.25, -0.2) is 0 Å². The molecule has 0 saturated carbocycles. The quantitative estimate of drug-likeness (QED) is 0.845. The Morgan fingerprint density at radius 1 is 1.39 bits per heavy atom. The number of nitrogens with zero attached hydrogens (tertiary/aromatic N) is 2. The smallest absolute Gasteiger partial charge is 0.222 e. The topological polar surface area (TPSA) is 56.1 Å². The number of aryl methyl sites for hydroxylation is 2. The molecule has 1 aromatic heterocycles. The molecule has 124 valence electrons. The van der Waals surface area contributed by atoms with Gasteiger partial charge in [-0.1, -0.05) is 23.7 Å². The average Bonchev–Trinajstić information content (AvgIpc) is 2.93. The number of halogens is 1. The van der Waals surface area contributed by atoms with Crippen LogP contribution in [0.2, 0.25) is 5.02 Å². The van der Waals surface area contributed by atoms with Gasteiger partial charge in [-0.15, -0.1) is 0 Å². The molecule has 2 aromatic rings. The van der Waals surface area contributed by atoms with Gasteiger partial charge in [0.1, 0.15) is 6.10 Å². The van der Waals surface area contributed by atoms with Crippen LogP contribution in [-0.4, -0.2) is 28.8 Å². The first kappa shape index (κ1) is 17.5. The molecule has 0 saturated heterocycles. The number of hydrogen-bond donors (Lipinski definition) is 1. The zero-order valence-electron chi connectivity index (χ0n) is 13.6. The molecule has 0 spiro atoms. The highest BCUT2D eigenvalue weighted by atomic mass is 35.5. The average molecular weight is 336 g/mol. The summed E-state index contributed by atoms with van der Waals surface area (Å²) >= 11 is 5.91. The molecule has 0 aliphatic rings. The van der Waals surface area contributed by atoms with E-state index in [1.54, 1.807) is 18.0 Å². The fourth-order valence-corrected chi connectivity index (χ4v) is 2.61. The Morgan fingerprint density at radius 2 is 2.09 bits per heavy atom. The van der Waals surface area contributed by atoms with Crippen LogP contribution in [0.5, 0.6) is 0 Å². The van der Waals surface area contributed by atoms with E-state index in [-0.39, 0.29) is 18.1 Å². The zero-order valence-corrected chi connectivity index (χ0v) is 14.4. The summed E-state index contributed by atoms with van der Waals surface area (Å²) in [5.74, 6) is -0.0262. The van der Waals surface area contributed by atoms with Gasteiger partial charge in [0.2, 0.25) is 5.91 Å². The van der Waals surface area contributed by atoms with Crippen molar-refractivity contribution in [3.63, 3.8) is 0 Å². The lowest BCUT2D eigenvalue weighted by Gasteiger charge is -2.24. The standard InChI is InChI=1S/C17H22ClN3O2/c1-12-10-19-21(11-12)9-8-16(22)20-13(2)17(23-3)14-4-6-15(18)7-5-14/h4-7,10-11,13,17H,8-9H2,1-3H3,(H,20,22)/t13-,17-/m1/s1. The summed E-state index contributed by atoms with van der Waals surface area (Å²) < 4.78 is 7.30. The van der Waals surface area contributed by atoms with E-state index in [2.05, 4.69) is 10.4 Å². The van der Waals surface area contributed by atoms with Crippen molar-refractivity contribution in [3.8, 4) is 0 Å². The summed E-state index contributed by atoms with van der Waals surface area (Å²) in [6, 6.07) is 7.31. The number of carbonyl (C=O) groups excluding carboxylic acids is 1. The molecule has 0 aliphatic carbocycles. The summed E-state index contributed by atoms with van der Waals surface area (Å²) in [6.45, 7) is 4.46. The van der Waals surface area contributed by atoms with Crippen LogP contribution in [0, 0.1) is 6.92 Å². The van der Waals surface area contributed by atoms with E-state index in [4.69, 9.17) is 16.3 Å². The normalized spacial score (nSPS) is 13.6. The van der Waals surface area contributed by atoms with E-state index < -0.39 is 0 Å². The third-order valence-corrected chi connectivity index (χ3v) is 3.88. The molecule has 1 amide bonds. The highest BCUT2D eigenvalue weighted by molar-refractivity contribution is 6.30. The summed E-state index contributed by atoms with van der Waals surface area (Å²) in [4.78, 5) is 12.1. The number of rotatable bonds is 7. The predicted octanol–water partition coefficient (Wildman–Crippen LogP) is 3.13. The number of benzene rings is 1. The van der Waals surface area contributed by atoms with E-state index in [9.17, 15) is 4.79 Å². The van der Waals surface area contributed by atoms with Crippen LogP contribution in [-0.2, 0) is 16.1 Å². The molecule has 0 fully saturated rings. The van der Waals surface area contributed by atoms with E-state index in [1.165, 1.54) is 0 Å². The van der Waals surface area contributed by atoms with Gasteiger partial charge in [-0.05, 0) is 37.1 Å². The molecular formula is C17H22ClN3O2. The minimum absolute atomic E-state index is 0.0262. The first-order valence-corrected chi connectivity index (χ1v) is 7.94. The number of methoxy groups -OCH3 is 1. The van der Waals surface area contributed by atoms with Gasteiger partial charge in [0.05, 0.1) is 12.2 Å². The van der Waals surface area contributed by atoms with E-state index in [0.29, 0.717) is 18.0 Å². The molecule has 6 heteroatoms. The van der Waals surface area contributed by atoms with Gasteiger partial charge < -0.3 is 10.1 Å². The maximum Gasteiger partial charge on any atom is 0.222 e. The Hall–Kier alpha value is -1.85. The molecule has 0 radical (unpaired) electrons. The van der Waals surface area contributed by atoms with Crippen molar-refractivity contribution in [3.05, 3.63) is 52.8 Å². The Balaban J connectivity index is 1.89. The van der Waals surface area contributed by atoms with E-state index in [0.717, 1.165) is 11.1 Å². The molecule has 0 unspecified atom stereocenters. The van der Waals surface area contributed by atoms with Crippen molar-refractivity contribution in [1.82, 2.24) is 15.1 Å². The van der Waals surface area contributed by atoms with E-state index in [1.807, 2.05) is 44.3 Å². The number of nitrogens with one attached hydrogen (secondary N) is 1. The largest absolute Gasteiger partial charge is 0.375 e. The van der Waals surface area contributed by atoms with Crippen LogP contribution in [0.4, 0.5) is 0 Å². The summed E-state index contributed by atoms with van der Waals surface area (Å²) in [5, 5.41) is 7.83. The lowest BCUT2D eigenvalue weighted by molar-refractivity contribution is -0.123. The second kappa shape index (κ2) is 8.13. The fraction of sp³-hybridized carbons (Fsp3) is 0.412. The van der Waals surface area contributed by atoms with Gasteiger partial charge >= 0.3 is 0 Å². The second-order valence-corrected chi connectivity index (χ2v) is 6.03. The van der Waals surface area contributed by atoms with Crippen molar-refractivity contribution < 1.29 is 9.53 Å². The number of aromatic nitrogens is 2. The predicted molar refractivity (Wildman–Crippen MR) is 90.4 cm³/mol. The molecule has 0 bridgehead atoms. The molecule has 5 nitrogen and oxygen atoms in total. The Morgan fingerprint density at radius 3 is 2.65 bits per heavy atom. The second-order valence-electron chi connectivity index (χ2n) is 5.59. The van der Waals surface area contributed by atoms with Crippen molar-refractivity contribution in [2.75, 3.05) is 7.11 Å². The maximum absolute atomic E-state index is 12.1. The molecule has 2 rings (SSSR count). The van der Waals surface area contributed by atoms with E-state index >= 15 is 0 Å². The Bertz CT molecular complexity index is 640. The lowest BCUT2D eigenvalue weighted by Crippen LogP contribution is -2.38. The third-order valence-electron chi connectivity index (χ3n) is 3.63. The highest BCUT2D eigenvalue weighted by Crippen LogP contribution is 2.22. The van der Waals surface area contributed by atoms with Gasteiger partial charge in [0.25, 0.3) is 0 Å². The minimum atomic E-state index is -0.219. The van der Waals surface area contributed by atoms with Crippen LogP contribution in [0.1, 0.15) is 30.6 Å². The van der Waals surface area contributed by atoms with Crippen molar-refractivity contribution in [1.29, 1.82) is 0 Å². The van der Waals surface area contributed by atoms with Crippen LogP contribution in [0.25, 0.3) is 0 Å². The maximum atomic E-state index is 12.1. The first-order chi connectivity index (χ1) is 11.0. The summed E-state index contributed by atoms with van der Waals surface area (Å²) in [5.41, 5.74) is 2.06. The van der Waals surface area contributed by atoms with Crippen molar-refractivity contribution >= 4 is 17.5 Å². The molecule has 1 heterocycles. The van der Waals surface area contributed by atoms with Gasteiger partial charge in [-0.2, -0.15) is 5.10 Å². The third kappa shape index (κ3) is 5.08. The zero-order chi connectivity index (χ0) is 16.8. The number of carbonyl (C=O) groups is 1. The molecular weight excluding hydrogens is 314 g/mol. The molecule has 1 aromatic carbocycles.